The van der Waals surface area contributed by atoms with Crippen molar-refractivity contribution in [2.45, 2.75) is 32.1 Å². The van der Waals surface area contributed by atoms with Crippen molar-refractivity contribution in [3.05, 3.63) is 34.9 Å². The second-order valence-corrected chi connectivity index (χ2v) is 4.74. The van der Waals surface area contributed by atoms with Crippen molar-refractivity contribution in [3.63, 3.8) is 0 Å². The summed E-state index contributed by atoms with van der Waals surface area (Å²) in [7, 11) is 0. The molecule has 15 heavy (non-hydrogen) atoms. The van der Waals surface area contributed by atoms with Crippen LogP contribution in [0, 0.1) is 6.92 Å². The average molecular weight is 208 g/mol. The Hall–Kier alpha value is -0.940. The molecule has 0 aliphatic heterocycles. The number of aryl methyl sites for hydroxylation is 1. The van der Waals surface area contributed by atoms with Gasteiger partial charge in [0.05, 0.1) is 0 Å². The van der Waals surface area contributed by atoms with Gasteiger partial charge in [-0.2, -0.15) is 0 Å². The lowest BCUT2D eigenvalue weighted by molar-refractivity contribution is 0.483. The van der Waals surface area contributed by atoms with E-state index in [-0.39, 0.29) is 0 Å². The Morgan fingerprint density at radius 3 is 1.73 bits per heavy atom. The molecule has 4 nitrogen and oxygen atoms in total. The summed E-state index contributed by atoms with van der Waals surface area (Å²) < 4.78 is 0. The van der Waals surface area contributed by atoms with Gasteiger partial charge in [0, 0.05) is 11.1 Å². The lowest BCUT2D eigenvalue weighted by atomic mass is 9.91. The first-order valence-electron chi connectivity index (χ1n) is 4.89. The first-order valence-corrected chi connectivity index (χ1v) is 4.89. The van der Waals surface area contributed by atoms with Gasteiger partial charge >= 0.3 is 0 Å². The average Bonchev–Trinajstić information content (AvgIpc) is 1.99. The molecular weight excluding hydrogens is 188 g/mol. The minimum atomic E-state index is -1.31. The molecule has 8 N–H and O–H groups in total. The molecule has 1 aromatic carbocycles. The van der Waals surface area contributed by atoms with Gasteiger partial charge in [-0.3, -0.25) is 17.2 Å². The Morgan fingerprint density at radius 1 is 0.867 bits per heavy atom. The predicted molar refractivity (Wildman–Crippen MR) is 62.6 cm³/mol. The maximum atomic E-state index is 6.02. The standard InChI is InChI=1S/C11H20N4/c1-7-4-8(10(2,3)12)6-9(5-7)11(13,14)15/h4-6H,12-15H2,1-3H3. The van der Waals surface area contributed by atoms with Crippen molar-refractivity contribution >= 4 is 0 Å². The molecule has 0 bridgehead atoms. The zero-order chi connectivity index (χ0) is 11.9. The normalized spacial score (nSPS) is 13.0. The van der Waals surface area contributed by atoms with Crippen LogP contribution in [0.5, 0.6) is 0 Å². The molecule has 0 radical (unpaired) electrons. The molecule has 0 aliphatic carbocycles. The van der Waals surface area contributed by atoms with Crippen LogP contribution in [0.2, 0.25) is 0 Å². The highest BCUT2D eigenvalue weighted by Crippen LogP contribution is 2.21. The van der Waals surface area contributed by atoms with Crippen molar-refractivity contribution < 1.29 is 0 Å². The van der Waals surface area contributed by atoms with E-state index in [0.29, 0.717) is 5.56 Å². The first-order chi connectivity index (χ1) is 6.60. The molecule has 0 amide bonds. The van der Waals surface area contributed by atoms with Gasteiger partial charge in [-0.15, -0.1) is 0 Å². The quantitative estimate of drug-likeness (QED) is 0.520. The second-order valence-electron chi connectivity index (χ2n) is 4.74. The fourth-order valence-electron chi connectivity index (χ4n) is 1.41. The van der Waals surface area contributed by atoms with Crippen LogP contribution in [-0.2, 0) is 11.3 Å². The molecule has 0 atom stereocenters. The molecule has 0 saturated carbocycles. The number of hydrogen-bond acceptors (Lipinski definition) is 4. The molecule has 1 aromatic rings. The van der Waals surface area contributed by atoms with E-state index < -0.39 is 11.3 Å². The maximum Gasteiger partial charge on any atom is 0.142 e. The second kappa shape index (κ2) is 3.57. The molecule has 1 rings (SSSR count). The smallest absolute Gasteiger partial charge is 0.142 e. The number of hydrogen-bond donors (Lipinski definition) is 4. The molecule has 0 aliphatic rings. The Morgan fingerprint density at radius 2 is 1.33 bits per heavy atom. The molecule has 0 spiro atoms. The van der Waals surface area contributed by atoms with Crippen molar-refractivity contribution in [2.75, 3.05) is 0 Å². The van der Waals surface area contributed by atoms with Gasteiger partial charge in [0.2, 0.25) is 0 Å². The molecule has 84 valence electrons. The minimum Gasteiger partial charge on any atom is -0.322 e. The zero-order valence-electron chi connectivity index (χ0n) is 9.54. The minimum absolute atomic E-state index is 0.425. The van der Waals surface area contributed by atoms with Gasteiger partial charge in [-0.25, -0.2) is 0 Å². The van der Waals surface area contributed by atoms with E-state index in [1.54, 1.807) is 0 Å². The maximum absolute atomic E-state index is 6.02. The number of rotatable bonds is 2. The number of benzene rings is 1. The third-order valence-electron chi connectivity index (χ3n) is 2.32. The van der Waals surface area contributed by atoms with Crippen LogP contribution in [0.15, 0.2) is 18.2 Å². The molecule has 0 aromatic heterocycles. The van der Waals surface area contributed by atoms with E-state index >= 15 is 0 Å². The van der Waals surface area contributed by atoms with Gasteiger partial charge in [0.15, 0.2) is 0 Å². The summed E-state index contributed by atoms with van der Waals surface area (Å²) in [6.45, 7) is 5.82. The summed E-state index contributed by atoms with van der Waals surface area (Å²) in [6.07, 6.45) is 0. The van der Waals surface area contributed by atoms with Crippen molar-refractivity contribution in [1.82, 2.24) is 0 Å². The molecule has 4 heteroatoms. The molecule has 0 heterocycles. The van der Waals surface area contributed by atoms with Gasteiger partial charge in [0.1, 0.15) is 5.79 Å². The first kappa shape index (κ1) is 12.1. The van der Waals surface area contributed by atoms with Crippen LogP contribution in [0.25, 0.3) is 0 Å². The summed E-state index contributed by atoms with van der Waals surface area (Å²) in [5, 5.41) is 0. The Kier molecular flexibility index (Phi) is 2.89. The van der Waals surface area contributed by atoms with Gasteiger partial charge in [0.25, 0.3) is 0 Å². The van der Waals surface area contributed by atoms with Crippen LogP contribution < -0.4 is 22.9 Å². The van der Waals surface area contributed by atoms with Crippen molar-refractivity contribution in [2.24, 2.45) is 22.9 Å². The van der Waals surface area contributed by atoms with E-state index in [2.05, 4.69) is 0 Å². The summed E-state index contributed by atoms with van der Waals surface area (Å²) >= 11 is 0. The van der Waals surface area contributed by atoms with Gasteiger partial charge in [-0.1, -0.05) is 17.7 Å². The highest BCUT2D eigenvalue weighted by molar-refractivity contribution is 5.35. The van der Waals surface area contributed by atoms with Gasteiger partial charge < -0.3 is 5.73 Å². The van der Waals surface area contributed by atoms with Crippen molar-refractivity contribution in [3.8, 4) is 0 Å². The zero-order valence-corrected chi connectivity index (χ0v) is 9.54. The lowest BCUT2D eigenvalue weighted by Crippen LogP contribution is -2.54. The molecule has 0 fully saturated rings. The van der Waals surface area contributed by atoms with Crippen LogP contribution in [0.3, 0.4) is 0 Å². The van der Waals surface area contributed by atoms with E-state index in [1.165, 1.54) is 0 Å². The van der Waals surface area contributed by atoms with E-state index in [1.807, 2.05) is 39.0 Å². The molecule has 0 unspecified atom stereocenters. The number of nitrogens with two attached hydrogens (primary N) is 4. The Bertz CT molecular complexity index is 326. The summed E-state index contributed by atoms with van der Waals surface area (Å²) in [5.41, 5.74) is 25.3. The van der Waals surface area contributed by atoms with E-state index in [4.69, 9.17) is 22.9 Å². The molecule has 0 saturated heterocycles. The highest BCUT2D eigenvalue weighted by Gasteiger charge is 2.20. The molecular formula is C11H20N4. The fraction of sp³-hybridized carbons (Fsp3) is 0.455. The van der Waals surface area contributed by atoms with Crippen molar-refractivity contribution in [1.29, 1.82) is 0 Å². The van der Waals surface area contributed by atoms with Crippen LogP contribution in [0.4, 0.5) is 0 Å². The third-order valence-corrected chi connectivity index (χ3v) is 2.32. The fourth-order valence-corrected chi connectivity index (χ4v) is 1.41. The third kappa shape index (κ3) is 3.00. The predicted octanol–water partition coefficient (Wildman–Crippen LogP) is 0.175. The van der Waals surface area contributed by atoms with Crippen LogP contribution in [0.1, 0.15) is 30.5 Å². The Balaban J connectivity index is 3.30. The summed E-state index contributed by atoms with van der Waals surface area (Å²) in [6, 6.07) is 5.73. The summed E-state index contributed by atoms with van der Waals surface area (Å²) in [5.74, 6) is -1.31. The van der Waals surface area contributed by atoms with Crippen LogP contribution in [-0.4, -0.2) is 0 Å². The summed E-state index contributed by atoms with van der Waals surface area (Å²) in [4.78, 5) is 0. The lowest BCUT2D eigenvalue weighted by Gasteiger charge is -2.25. The van der Waals surface area contributed by atoms with Crippen LogP contribution >= 0.6 is 0 Å². The topological polar surface area (TPSA) is 104 Å². The Labute approximate surface area is 90.6 Å². The largest absolute Gasteiger partial charge is 0.322 e. The van der Waals surface area contributed by atoms with Gasteiger partial charge in [-0.05, 0) is 32.4 Å². The highest BCUT2D eigenvalue weighted by atomic mass is 15.1. The van der Waals surface area contributed by atoms with E-state index in [9.17, 15) is 0 Å². The monoisotopic (exact) mass is 208 g/mol. The van der Waals surface area contributed by atoms with E-state index in [0.717, 1.165) is 11.1 Å². The SMILES string of the molecule is Cc1cc(C(C)(C)N)cc(C(N)(N)N)c1.